The molecule has 0 fully saturated rings. The zero-order valence-electron chi connectivity index (χ0n) is 12.2. The number of methoxy groups -OCH3 is 1. The Hall–Kier alpha value is -2.09. The smallest absolute Gasteiger partial charge is 0.130 e. The van der Waals surface area contributed by atoms with Crippen molar-refractivity contribution in [3.8, 4) is 5.75 Å². The van der Waals surface area contributed by atoms with Crippen LogP contribution in [0.4, 0.5) is 0 Å². The number of Topliss-reactive ketones (excluding diaryl/α,β-unsaturated/α-hetero) is 1. The SMILES string of the molecule is COc1ccc(C(CC(C)=O)c2ccc(C)cc2)cc1. The first kappa shape index (κ1) is 14.3. The minimum absolute atomic E-state index is 0.110. The maximum absolute atomic E-state index is 11.6. The largest absolute Gasteiger partial charge is 0.497 e. The third-order valence-electron chi connectivity index (χ3n) is 3.49. The average molecular weight is 268 g/mol. The molecule has 0 spiro atoms. The molecular weight excluding hydrogens is 248 g/mol. The lowest BCUT2D eigenvalue weighted by molar-refractivity contribution is -0.117. The molecule has 2 aromatic carbocycles. The van der Waals surface area contributed by atoms with Gasteiger partial charge >= 0.3 is 0 Å². The Morgan fingerprint density at radius 2 is 1.50 bits per heavy atom. The van der Waals surface area contributed by atoms with Crippen LogP contribution in [0.15, 0.2) is 48.5 Å². The van der Waals surface area contributed by atoms with Gasteiger partial charge in [0.15, 0.2) is 0 Å². The van der Waals surface area contributed by atoms with Crippen LogP contribution in [0.1, 0.15) is 36.0 Å². The number of carbonyl (C=O) groups excluding carboxylic acids is 1. The molecule has 0 N–H and O–H groups in total. The van der Waals surface area contributed by atoms with E-state index in [2.05, 4.69) is 31.2 Å². The van der Waals surface area contributed by atoms with Gasteiger partial charge in [0.05, 0.1) is 7.11 Å². The quantitative estimate of drug-likeness (QED) is 0.815. The highest BCUT2D eigenvalue weighted by atomic mass is 16.5. The first-order valence-corrected chi connectivity index (χ1v) is 6.80. The topological polar surface area (TPSA) is 26.3 Å². The molecule has 2 rings (SSSR count). The molecule has 0 radical (unpaired) electrons. The summed E-state index contributed by atoms with van der Waals surface area (Å²) in [6, 6.07) is 16.3. The summed E-state index contributed by atoms with van der Waals surface area (Å²) < 4.78 is 5.18. The fraction of sp³-hybridized carbons (Fsp3) is 0.278. The van der Waals surface area contributed by atoms with Gasteiger partial charge in [0, 0.05) is 12.3 Å². The second-order valence-electron chi connectivity index (χ2n) is 5.14. The number of rotatable bonds is 5. The van der Waals surface area contributed by atoms with Crippen molar-refractivity contribution in [2.24, 2.45) is 0 Å². The number of carbonyl (C=O) groups is 1. The fourth-order valence-corrected chi connectivity index (χ4v) is 2.35. The standard InChI is InChI=1S/C18H20O2/c1-13-4-6-15(7-5-13)18(12-14(2)19)16-8-10-17(20-3)11-9-16/h4-11,18H,12H2,1-3H3. The van der Waals surface area contributed by atoms with Gasteiger partial charge in [0.2, 0.25) is 0 Å². The minimum atomic E-state index is 0.110. The maximum Gasteiger partial charge on any atom is 0.130 e. The molecule has 1 atom stereocenters. The molecule has 2 aromatic rings. The monoisotopic (exact) mass is 268 g/mol. The number of ketones is 1. The second kappa shape index (κ2) is 6.38. The molecule has 20 heavy (non-hydrogen) atoms. The van der Waals surface area contributed by atoms with Gasteiger partial charge in [-0.15, -0.1) is 0 Å². The van der Waals surface area contributed by atoms with Crippen molar-refractivity contribution in [2.45, 2.75) is 26.2 Å². The van der Waals surface area contributed by atoms with E-state index in [-0.39, 0.29) is 11.7 Å². The van der Waals surface area contributed by atoms with Crippen molar-refractivity contribution in [3.05, 3.63) is 65.2 Å². The third kappa shape index (κ3) is 3.47. The van der Waals surface area contributed by atoms with Gasteiger partial charge in [0.1, 0.15) is 11.5 Å². The molecule has 0 amide bonds. The summed E-state index contributed by atoms with van der Waals surface area (Å²) in [7, 11) is 1.65. The maximum atomic E-state index is 11.6. The van der Waals surface area contributed by atoms with Gasteiger partial charge in [-0.05, 0) is 37.1 Å². The van der Waals surface area contributed by atoms with Crippen molar-refractivity contribution >= 4 is 5.78 Å². The van der Waals surface area contributed by atoms with Crippen molar-refractivity contribution in [3.63, 3.8) is 0 Å². The highest BCUT2D eigenvalue weighted by Gasteiger charge is 2.16. The Kier molecular flexibility index (Phi) is 4.57. The van der Waals surface area contributed by atoms with Crippen LogP contribution in [-0.4, -0.2) is 12.9 Å². The molecule has 0 aromatic heterocycles. The summed E-state index contributed by atoms with van der Waals surface area (Å²) in [6.45, 7) is 3.71. The van der Waals surface area contributed by atoms with E-state index in [0.29, 0.717) is 6.42 Å². The van der Waals surface area contributed by atoms with E-state index in [4.69, 9.17) is 4.74 Å². The lowest BCUT2D eigenvalue weighted by atomic mass is 9.87. The Balaban J connectivity index is 2.35. The molecule has 0 heterocycles. The van der Waals surface area contributed by atoms with Crippen molar-refractivity contribution in [1.29, 1.82) is 0 Å². The summed E-state index contributed by atoms with van der Waals surface area (Å²) in [5, 5.41) is 0. The molecule has 2 nitrogen and oxygen atoms in total. The van der Waals surface area contributed by atoms with E-state index in [1.807, 2.05) is 24.3 Å². The van der Waals surface area contributed by atoms with Crippen molar-refractivity contribution < 1.29 is 9.53 Å². The first-order valence-electron chi connectivity index (χ1n) is 6.80. The Bertz CT molecular complexity index is 567. The predicted octanol–water partition coefficient (Wildman–Crippen LogP) is 4.11. The number of hydrogen-bond donors (Lipinski definition) is 0. The van der Waals surface area contributed by atoms with Crippen LogP contribution in [-0.2, 0) is 4.79 Å². The lowest BCUT2D eigenvalue weighted by Gasteiger charge is -2.17. The van der Waals surface area contributed by atoms with Gasteiger partial charge in [-0.25, -0.2) is 0 Å². The Morgan fingerprint density at radius 1 is 1.00 bits per heavy atom. The highest BCUT2D eigenvalue weighted by Crippen LogP contribution is 2.29. The van der Waals surface area contributed by atoms with Crippen molar-refractivity contribution in [1.82, 2.24) is 0 Å². The highest BCUT2D eigenvalue weighted by molar-refractivity contribution is 5.77. The summed E-state index contributed by atoms with van der Waals surface area (Å²) in [6.07, 6.45) is 0.523. The van der Waals surface area contributed by atoms with E-state index >= 15 is 0 Å². The molecule has 2 heteroatoms. The minimum Gasteiger partial charge on any atom is -0.497 e. The Morgan fingerprint density at radius 3 is 1.95 bits per heavy atom. The second-order valence-corrected chi connectivity index (χ2v) is 5.14. The van der Waals surface area contributed by atoms with Crippen LogP contribution in [0.2, 0.25) is 0 Å². The average Bonchev–Trinajstić information content (AvgIpc) is 2.46. The fourth-order valence-electron chi connectivity index (χ4n) is 2.35. The summed E-state index contributed by atoms with van der Waals surface area (Å²) in [4.78, 5) is 11.6. The molecule has 0 aliphatic rings. The normalized spacial score (nSPS) is 11.9. The van der Waals surface area contributed by atoms with Crippen LogP contribution in [0.5, 0.6) is 5.75 Å². The zero-order valence-corrected chi connectivity index (χ0v) is 12.2. The van der Waals surface area contributed by atoms with E-state index in [0.717, 1.165) is 11.3 Å². The molecule has 104 valence electrons. The first-order chi connectivity index (χ1) is 9.60. The summed E-state index contributed by atoms with van der Waals surface area (Å²) >= 11 is 0. The van der Waals surface area contributed by atoms with E-state index in [9.17, 15) is 4.79 Å². The number of benzene rings is 2. The van der Waals surface area contributed by atoms with Gasteiger partial charge in [-0.3, -0.25) is 4.79 Å². The van der Waals surface area contributed by atoms with Crippen LogP contribution in [0.3, 0.4) is 0 Å². The van der Waals surface area contributed by atoms with Crippen molar-refractivity contribution in [2.75, 3.05) is 7.11 Å². The van der Waals surface area contributed by atoms with E-state index in [1.54, 1.807) is 14.0 Å². The molecule has 0 saturated heterocycles. The Labute approximate surface area is 120 Å². The van der Waals surface area contributed by atoms with Crippen LogP contribution in [0, 0.1) is 6.92 Å². The third-order valence-corrected chi connectivity index (χ3v) is 3.49. The molecule has 0 saturated carbocycles. The van der Waals surface area contributed by atoms with Crippen LogP contribution < -0.4 is 4.74 Å². The van der Waals surface area contributed by atoms with Crippen LogP contribution in [0.25, 0.3) is 0 Å². The number of hydrogen-bond acceptors (Lipinski definition) is 2. The van der Waals surface area contributed by atoms with Crippen LogP contribution >= 0.6 is 0 Å². The molecule has 1 unspecified atom stereocenters. The summed E-state index contributed by atoms with van der Waals surface area (Å²) in [5.74, 6) is 1.14. The predicted molar refractivity (Wildman–Crippen MR) is 81.3 cm³/mol. The molecule has 0 aliphatic carbocycles. The lowest BCUT2D eigenvalue weighted by Crippen LogP contribution is -2.06. The molecular formula is C18H20O2. The van der Waals surface area contributed by atoms with Gasteiger partial charge < -0.3 is 4.74 Å². The summed E-state index contributed by atoms with van der Waals surface area (Å²) in [5.41, 5.74) is 3.55. The molecule has 0 bridgehead atoms. The number of aryl methyl sites for hydroxylation is 1. The number of ether oxygens (including phenoxy) is 1. The van der Waals surface area contributed by atoms with Gasteiger partial charge in [0.25, 0.3) is 0 Å². The van der Waals surface area contributed by atoms with E-state index < -0.39 is 0 Å². The van der Waals surface area contributed by atoms with E-state index in [1.165, 1.54) is 11.1 Å². The zero-order chi connectivity index (χ0) is 14.5. The van der Waals surface area contributed by atoms with Gasteiger partial charge in [-0.2, -0.15) is 0 Å². The van der Waals surface area contributed by atoms with Gasteiger partial charge in [-0.1, -0.05) is 42.0 Å². The molecule has 0 aliphatic heterocycles.